The average Bonchev–Trinajstić information content (AvgIpc) is 2.95. The van der Waals surface area contributed by atoms with Gasteiger partial charge in [-0.1, -0.05) is 0 Å². The molecule has 0 aliphatic carbocycles. The number of methoxy groups -OCH3 is 3. The molecule has 0 aliphatic rings. The monoisotopic (exact) mass is 279 g/mol. The lowest BCUT2D eigenvalue weighted by Crippen LogP contribution is -2.01. The third-order valence-electron chi connectivity index (χ3n) is 2.54. The third-order valence-corrected chi connectivity index (χ3v) is 3.41. The molecule has 2 aromatic rings. The number of rotatable bonds is 4. The molecule has 0 N–H and O–H groups in total. The molecule has 0 aliphatic heterocycles. The zero-order valence-corrected chi connectivity index (χ0v) is 11.6. The highest BCUT2D eigenvalue weighted by atomic mass is 32.1. The van der Waals surface area contributed by atoms with Crippen LogP contribution in [0.4, 0.5) is 0 Å². The van der Waals surface area contributed by atoms with Gasteiger partial charge in [-0.2, -0.15) is 0 Å². The Balaban J connectivity index is 2.41. The van der Waals surface area contributed by atoms with Crippen LogP contribution in [0.2, 0.25) is 0 Å². The van der Waals surface area contributed by atoms with Crippen molar-refractivity contribution in [2.24, 2.45) is 0 Å². The van der Waals surface area contributed by atoms with E-state index in [-0.39, 0.29) is 0 Å². The summed E-state index contributed by atoms with van der Waals surface area (Å²) in [7, 11) is 4.50. The largest absolute Gasteiger partial charge is 0.497 e. The van der Waals surface area contributed by atoms with Crippen molar-refractivity contribution in [3.05, 3.63) is 29.3 Å². The number of nitrogens with zero attached hydrogens (tertiary/aromatic N) is 1. The first-order chi connectivity index (χ1) is 9.19. The summed E-state index contributed by atoms with van der Waals surface area (Å²) in [5, 5.41) is 2.35. The molecule has 1 aromatic carbocycles. The van der Waals surface area contributed by atoms with Gasteiger partial charge < -0.3 is 14.2 Å². The molecule has 6 heteroatoms. The van der Waals surface area contributed by atoms with Gasteiger partial charge in [0.1, 0.15) is 16.5 Å². The number of aromatic nitrogens is 1. The van der Waals surface area contributed by atoms with Crippen LogP contribution in [-0.2, 0) is 4.74 Å². The van der Waals surface area contributed by atoms with Crippen molar-refractivity contribution in [3.63, 3.8) is 0 Å². The van der Waals surface area contributed by atoms with Gasteiger partial charge in [-0.15, -0.1) is 11.3 Å². The van der Waals surface area contributed by atoms with Gasteiger partial charge in [0.2, 0.25) is 0 Å². The minimum absolute atomic E-state index is 0.292. The molecule has 0 saturated heterocycles. The fourth-order valence-corrected chi connectivity index (χ4v) is 2.39. The summed E-state index contributed by atoms with van der Waals surface area (Å²) in [5.74, 6) is 0.894. The van der Waals surface area contributed by atoms with E-state index in [1.165, 1.54) is 18.4 Å². The van der Waals surface area contributed by atoms with Crippen molar-refractivity contribution >= 4 is 17.3 Å². The highest BCUT2D eigenvalue weighted by Crippen LogP contribution is 2.34. The summed E-state index contributed by atoms with van der Waals surface area (Å²) >= 11 is 1.36. The highest BCUT2D eigenvalue weighted by Gasteiger charge is 2.15. The normalized spacial score (nSPS) is 10.1. The number of carbonyl (C=O) groups excluding carboxylic acids is 1. The quantitative estimate of drug-likeness (QED) is 0.805. The van der Waals surface area contributed by atoms with Gasteiger partial charge in [0.15, 0.2) is 5.69 Å². The first kappa shape index (κ1) is 13.4. The molecule has 1 heterocycles. The first-order valence-electron chi connectivity index (χ1n) is 5.45. The van der Waals surface area contributed by atoms with Crippen LogP contribution in [0.1, 0.15) is 10.5 Å². The summed E-state index contributed by atoms with van der Waals surface area (Å²) in [6.07, 6.45) is 0. The number of ether oxygens (including phenoxy) is 3. The van der Waals surface area contributed by atoms with E-state index < -0.39 is 5.97 Å². The number of hydrogen-bond donors (Lipinski definition) is 0. The average molecular weight is 279 g/mol. The van der Waals surface area contributed by atoms with Crippen LogP contribution in [0.3, 0.4) is 0 Å². The van der Waals surface area contributed by atoms with E-state index in [4.69, 9.17) is 9.47 Å². The Bertz CT molecular complexity index is 594. The topological polar surface area (TPSA) is 57.7 Å². The number of benzene rings is 1. The van der Waals surface area contributed by atoms with E-state index >= 15 is 0 Å². The summed E-state index contributed by atoms with van der Waals surface area (Å²) in [6.45, 7) is 0. The van der Waals surface area contributed by atoms with Gasteiger partial charge >= 0.3 is 5.97 Å². The van der Waals surface area contributed by atoms with Gasteiger partial charge in [-0.25, -0.2) is 9.78 Å². The van der Waals surface area contributed by atoms with Crippen molar-refractivity contribution < 1.29 is 19.0 Å². The van der Waals surface area contributed by atoms with E-state index in [2.05, 4.69) is 9.72 Å². The maximum Gasteiger partial charge on any atom is 0.357 e. The second-order valence-electron chi connectivity index (χ2n) is 3.60. The molecule has 100 valence electrons. The molecule has 0 radical (unpaired) electrons. The summed E-state index contributed by atoms with van der Waals surface area (Å²) in [6, 6.07) is 5.43. The lowest BCUT2D eigenvalue weighted by atomic mass is 10.2. The molecule has 1 aromatic heterocycles. The van der Waals surface area contributed by atoms with Crippen molar-refractivity contribution in [1.29, 1.82) is 0 Å². The lowest BCUT2D eigenvalue weighted by molar-refractivity contribution is 0.0595. The fraction of sp³-hybridized carbons (Fsp3) is 0.231. The molecular weight excluding hydrogens is 266 g/mol. The van der Waals surface area contributed by atoms with Crippen molar-refractivity contribution in [1.82, 2.24) is 4.98 Å². The number of carbonyl (C=O) groups is 1. The van der Waals surface area contributed by atoms with Gasteiger partial charge in [0, 0.05) is 11.4 Å². The second kappa shape index (κ2) is 5.71. The second-order valence-corrected chi connectivity index (χ2v) is 4.45. The first-order valence-corrected chi connectivity index (χ1v) is 6.33. The Kier molecular flexibility index (Phi) is 4.01. The molecule has 19 heavy (non-hydrogen) atoms. The molecule has 0 spiro atoms. The lowest BCUT2D eigenvalue weighted by Gasteiger charge is -2.08. The molecular formula is C13H13NO4S. The Morgan fingerprint density at radius 3 is 2.63 bits per heavy atom. The molecule has 2 rings (SSSR count). The van der Waals surface area contributed by atoms with Crippen LogP contribution in [0.5, 0.6) is 11.5 Å². The number of hydrogen-bond acceptors (Lipinski definition) is 6. The smallest absolute Gasteiger partial charge is 0.357 e. The summed E-state index contributed by atoms with van der Waals surface area (Å²) < 4.78 is 15.1. The van der Waals surface area contributed by atoms with Crippen LogP contribution in [0.25, 0.3) is 10.6 Å². The Morgan fingerprint density at radius 2 is 2.00 bits per heavy atom. The zero-order valence-electron chi connectivity index (χ0n) is 10.8. The van der Waals surface area contributed by atoms with Crippen molar-refractivity contribution in [2.45, 2.75) is 0 Å². The fourth-order valence-electron chi connectivity index (χ4n) is 1.57. The van der Waals surface area contributed by atoms with Gasteiger partial charge in [-0.3, -0.25) is 0 Å². The van der Waals surface area contributed by atoms with Crippen LogP contribution < -0.4 is 9.47 Å². The summed E-state index contributed by atoms with van der Waals surface area (Å²) in [5.41, 5.74) is 1.10. The zero-order chi connectivity index (χ0) is 13.8. The Labute approximate surface area is 114 Å². The predicted octanol–water partition coefficient (Wildman–Crippen LogP) is 2.61. The maximum atomic E-state index is 11.4. The Hall–Kier alpha value is -2.08. The minimum atomic E-state index is -0.449. The van der Waals surface area contributed by atoms with Gasteiger partial charge in [0.05, 0.1) is 26.9 Å². The maximum absolute atomic E-state index is 11.4. The highest BCUT2D eigenvalue weighted by molar-refractivity contribution is 7.13. The van der Waals surface area contributed by atoms with E-state index in [9.17, 15) is 4.79 Å². The van der Waals surface area contributed by atoms with Gasteiger partial charge in [-0.05, 0) is 12.1 Å². The van der Waals surface area contributed by atoms with Crippen LogP contribution >= 0.6 is 11.3 Å². The minimum Gasteiger partial charge on any atom is -0.497 e. The van der Waals surface area contributed by atoms with E-state index in [1.54, 1.807) is 25.7 Å². The standard InChI is InChI=1S/C13H13NO4S/c1-16-8-4-5-9(11(6-8)17-2)12-14-10(7-19-12)13(15)18-3/h4-7H,1-3H3. The van der Waals surface area contributed by atoms with E-state index in [0.29, 0.717) is 22.2 Å². The van der Waals surface area contributed by atoms with Crippen molar-refractivity contribution in [2.75, 3.05) is 21.3 Å². The predicted molar refractivity (Wildman–Crippen MR) is 72.0 cm³/mol. The number of thiazole rings is 1. The van der Waals surface area contributed by atoms with Gasteiger partial charge in [0.25, 0.3) is 0 Å². The molecule has 0 fully saturated rings. The summed E-state index contributed by atoms with van der Waals surface area (Å²) in [4.78, 5) is 15.6. The molecule has 0 atom stereocenters. The van der Waals surface area contributed by atoms with Crippen LogP contribution in [-0.4, -0.2) is 32.3 Å². The van der Waals surface area contributed by atoms with Crippen LogP contribution in [0.15, 0.2) is 23.6 Å². The van der Waals surface area contributed by atoms with E-state index in [0.717, 1.165) is 5.56 Å². The molecule has 0 bridgehead atoms. The molecule has 5 nitrogen and oxygen atoms in total. The third kappa shape index (κ3) is 2.68. The van der Waals surface area contributed by atoms with Crippen molar-refractivity contribution in [3.8, 4) is 22.1 Å². The molecule has 0 amide bonds. The SMILES string of the molecule is COC(=O)c1csc(-c2ccc(OC)cc2OC)n1. The Morgan fingerprint density at radius 1 is 1.21 bits per heavy atom. The van der Waals surface area contributed by atoms with E-state index in [1.807, 2.05) is 12.1 Å². The molecule has 0 saturated carbocycles. The molecule has 0 unspecified atom stereocenters. The van der Waals surface area contributed by atoms with Crippen LogP contribution in [0, 0.1) is 0 Å². The number of esters is 1.